The van der Waals surface area contributed by atoms with Gasteiger partial charge in [-0.25, -0.2) is 0 Å². The van der Waals surface area contributed by atoms with Crippen LogP contribution in [-0.4, -0.2) is 31.1 Å². The Morgan fingerprint density at radius 1 is 1.25 bits per heavy atom. The molecule has 0 radical (unpaired) electrons. The highest BCUT2D eigenvalue weighted by molar-refractivity contribution is 6.03. The van der Waals surface area contributed by atoms with E-state index < -0.39 is 17.5 Å². The zero-order chi connectivity index (χ0) is 12.9. The molecule has 0 amide bonds. The number of esters is 1. The number of ether oxygens (including phenoxy) is 2. The molecule has 94 valence electrons. The first-order chi connectivity index (χ1) is 7.27. The standard InChI is InChI=1S/C12H22O4/c1-7-16-12(4,5)10(13)9(8(2)3)11(14)15-6/h8-9H,7H2,1-6H3. The summed E-state index contributed by atoms with van der Waals surface area (Å²) in [4.78, 5) is 23.7. The number of hydrogen-bond donors (Lipinski definition) is 0. The fourth-order valence-corrected chi connectivity index (χ4v) is 1.62. The van der Waals surface area contributed by atoms with Gasteiger partial charge in [0.05, 0.1) is 7.11 Å². The van der Waals surface area contributed by atoms with Gasteiger partial charge in [0, 0.05) is 6.61 Å². The van der Waals surface area contributed by atoms with Gasteiger partial charge in [-0.3, -0.25) is 9.59 Å². The third-order valence-corrected chi connectivity index (χ3v) is 2.50. The van der Waals surface area contributed by atoms with E-state index in [0.717, 1.165) is 0 Å². The molecule has 0 N–H and O–H groups in total. The number of methoxy groups -OCH3 is 1. The van der Waals surface area contributed by atoms with Gasteiger partial charge >= 0.3 is 5.97 Å². The lowest BCUT2D eigenvalue weighted by molar-refractivity contribution is -0.159. The van der Waals surface area contributed by atoms with E-state index in [4.69, 9.17) is 4.74 Å². The lowest BCUT2D eigenvalue weighted by atomic mass is 9.84. The molecule has 1 atom stereocenters. The number of Topliss-reactive ketones (excluding diaryl/α,β-unsaturated/α-hetero) is 1. The topological polar surface area (TPSA) is 52.6 Å². The molecule has 0 spiro atoms. The minimum absolute atomic E-state index is 0.0975. The number of ketones is 1. The summed E-state index contributed by atoms with van der Waals surface area (Å²) in [5.74, 6) is -1.57. The first-order valence-electron chi connectivity index (χ1n) is 5.54. The van der Waals surface area contributed by atoms with Crippen LogP contribution in [0.5, 0.6) is 0 Å². The lowest BCUT2D eigenvalue weighted by Gasteiger charge is -2.28. The van der Waals surface area contributed by atoms with Crippen LogP contribution < -0.4 is 0 Å². The Balaban J connectivity index is 4.95. The van der Waals surface area contributed by atoms with Crippen LogP contribution in [-0.2, 0) is 19.1 Å². The summed E-state index contributed by atoms with van der Waals surface area (Å²) in [5.41, 5.74) is -0.947. The van der Waals surface area contributed by atoms with Crippen molar-refractivity contribution < 1.29 is 19.1 Å². The van der Waals surface area contributed by atoms with E-state index in [9.17, 15) is 9.59 Å². The van der Waals surface area contributed by atoms with Crippen molar-refractivity contribution in [1.82, 2.24) is 0 Å². The predicted molar refractivity (Wildman–Crippen MR) is 61.1 cm³/mol. The second-order valence-electron chi connectivity index (χ2n) is 4.55. The fourth-order valence-electron chi connectivity index (χ4n) is 1.62. The van der Waals surface area contributed by atoms with Gasteiger partial charge in [-0.2, -0.15) is 0 Å². The van der Waals surface area contributed by atoms with Crippen molar-refractivity contribution in [2.75, 3.05) is 13.7 Å². The minimum Gasteiger partial charge on any atom is -0.468 e. The largest absolute Gasteiger partial charge is 0.468 e. The molecule has 0 rings (SSSR count). The fraction of sp³-hybridized carbons (Fsp3) is 0.833. The Morgan fingerprint density at radius 3 is 2.06 bits per heavy atom. The zero-order valence-corrected chi connectivity index (χ0v) is 11.0. The number of hydrogen-bond acceptors (Lipinski definition) is 4. The summed E-state index contributed by atoms with van der Waals surface area (Å²) >= 11 is 0. The molecular formula is C12H22O4. The van der Waals surface area contributed by atoms with Crippen LogP contribution in [0.1, 0.15) is 34.6 Å². The van der Waals surface area contributed by atoms with Crippen molar-refractivity contribution in [3.8, 4) is 0 Å². The van der Waals surface area contributed by atoms with Crippen LogP contribution in [0.15, 0.2) is 0 Å². The number of rotatable bonds is 6. The predicted octanol–water partition coefficient (Wildman–Crippen LogP) is 1.82. The van der Waals surface area contributed by atoms with Crippen molar-refractivity contribution >= 4 is 11.8 Å². The molecule has 0 aromatic heterocycles. The molecule has 0 saturated heterocycles. The van der Waals surface area contributed by atoms with Gasteiger partial charge in [0.25, 0.3) is 0 Å². The molecule has 0 fully saturated rings. The normalized spacial score (nSPS) is 13.7. The maximum absolute atomic E-state index is 12.2. The van der Waals surface area contributed by atoms with Crippen molar-refractivity contribution in [1.29, 1.82) is 0 Å². The Bertz CT molecular complexity index is 256. The van der Waals surface area contributed by atoms with Gasteiger partial charge in [-0.15, -0.1) is 0 Å². The third-order valence-electron chi connectivity index (χ3n) is 2.50. The van der Waals surface area contributed by atoms with E-state index in [1.165, 1.54) is 7.11 Å². The average Bonchev–Trinajstić information content (AvgIpc) is 2.16. The van der Waals surface area contributed by atoms with Crippen molar-refractivity contribution in [2.45, 2.75) is 40.2 Å². The Labute approximate surface area is 97.3 Å². The van der Waals surface area contributed by atoms with Gasteiger partial charge < -0.3 is 9.47 Å². The number of carbonyl (C=O) groups excluding carboxylic acids is 2. The highest BCUT2D eigenvalue weighted by Gasteiger charge is 2.40. The molecule has 0 heterocycles. The molecule has 0 bridgehead atoms. The van der Waals surface area contributed by atoms with Gasteiger partial charge in [0.1, 0.15) is 11.5 Å². The summed E-state index contributed by atoms with van der Waals surface area (Å²) in [5, 5.41) is 0. The molecule has 0 aromatic carbocycles. The molecule has 1 unspecified atom stereocenters. The first-order valence-corrected chi connectivity index (χ1v) is 5.54. The first kappa shape index (κ1) is 15.1. The smallest absolute Gasteiger partial charge is 0.316 e. The summed E-state index contributed by atoms with van der Waals surface area (Å²) in [6.07, 6.45) is 0. The summed E-state index contributed by atoms with van der Waals surface area (Å²) in [6, 6.07) is 0. The third kappa shape index (κ3) is 3.59. The summed E-state index contributed by atoms with van der Waals surface area (Å²) in [7, 11) is 1.29. The van der Waals surface area contributed by atoms with E-state index in [2.05, 4.69) is 4.74 Å². The van der Waals surface area contributed by atoms with E-state index in [1.54, 1.807) is 13.8 Å². The highest BCUT2D eigenvalue weighted by Crippen LogP contribution is 2.23. The lowest BCUT2D eigenvalue weighted by Crippen LogP contribution is -2.44. The van der Waals surface area contributed by atoms with Crippen LogP contribution in [0, 0.1) is 11.8 Å². The molecule has 0 saturated carbocycles. The monoisotopic (exact) mass is 230 g/mol. The van der Waals surface area contributed by atoms with Gasteiger partial charge in [0.2, 0.25) is 0 Å². The summed E-state index contributed by atoms with van der Waals surface area (Å²) in [6.45, 7) is 9.25. The van der Waals surface area contributed by atoms with E-state index in [0.29, 0.717) is 6.61 Å². The van der Waals surface area contributed by atoms with Crippen LogP contribution >= 0.6 is 0 Å². The Hall–Kier alpha value is -0.900. The molecule has 4 heteroatoms. The number of carbonyl (C=O) groups is 2. The molecule has 0 aliphatic carbocycles. The molecule has 16 heavy (non-hydrogen) atoms. The van der Waals surface area contributed by atoms with Crippen molar-refractivity contribution in [2.24, 2.45) is 11.8 Å². The highest BCUT2D eigenvalue weighted by atomic mass is 16.5. The minimum atomic E-state index is -0.947. The van der Waals surface area contributed by atoms with Crippen LogP contribution in [0.3, 0.4) is 0 Å². The van der Waals surface area contributed by atoms with Gasteiger partial charge in [-0.1, -0.05) is 13.8 Å². The molecule has 0 aliphatic rings. The van der Waals surface area contributed by atoms with Crippen molar-refractivity contribution in [3.63, 3.8) is 0 Å². The summed E-state index contributed by atoms with van der Waals surface area (Å²) < 4.78 is 10.0. The zero-order valence-electron chi connectivity index (χ0n) is 11.0. The van der Waals surface area contributed by atoms with Gasteiger partial charge in [0.15, 0.2) is 5.78 Å². The molecular weight excluding hydrogens is 208 g/mol. The maximum Gasteiger partial charge on any atom is 0.316 e. The van der Waals surface area contributed by atoms with Crippen LogP contribution in [0.2, 0.25) is 0 Å². The average molecular weight is 230 g/mol. The van der Waals surface area contributed by atoms with E-state index >= 15 is 0 Å². The second-order valence-corrected chi connectivity index (χ2v) is 4.55. The molecule has 0 aromatic rings. The quantitative estimate of drug-likeness (QED) is 0.516. The van der Waals surface area contributed by atoms with Crippen molar-refractivity contribution in [3.05, 3.63) is 0 Å². The Kier molecular flexibility index (Phi) is 5.65. The molecule has 4 nitrogen and oxygen atoms in total. The van der Waals surface area contributed by atoms with Crippen LogP contribution in [0.25, 0.3) is 0 Å². The maximum atomic E-state index is 12.2. The second kappa shape index (κ2) is 5.99. The van der Waals surface area contributed by atoms with E-state index in [-0.39, 0.29) is 11.7 Å². The molecule has 0 aliphatic heterocycles. The van der Waals surface area contributed by atoms with E-state index in [1.807, 2.05) is 20.8 Å². The van der Waals surface area contributed by atoms with Gasteiger partial charge in [-0.05, 0) is 26.7 Å². The SMILES string of the molecule is CCOC(C)(C)C(=O)C(C(=O)OC)C(C)C. The van der Waals surface area contributed by atoms with Crippen LogP contribution in [0.4, 0.5) is 0 Å². The Morgan fingerprint density at radius 2 is 1.75 bits per heavy atom.